The fourth-order valence-electron chi connectivity index (χ4n) is 2.35. The molecule has 2 rings (SSSR count). The summed E-state index contributed by atoms with van der Waals surface area (Å²) in [7, 11) is 2.03. The molecule has 0 saturated carbocycles. The molecule has 2 heterocycles. The van der Waals surface area contributed by atoms with Crippen molar-refractivity contribution < 1.29 is 4.74 Å². The Bertz CT molecular complexity index is 372. The van der Waals surface area contributed by atoms with Gasteiger partial charge in [0.2, 0.25) is 0 Å². The first kappa shape index (κ1) is 14.5. The minimum Gasteiger partial charge on any atom is -0.374 e. The largest absolute Gasteiger partial charge is 0.374 e. The molecule has 102 valence electrons. The van der Waals surface area contributed by atoms with Crippen LogP contribution in [0.5, 0.6) is 0 Å². The maximum absolute atomic E-state index is 5.94. The van der Waals surface area contributed by atoms with Crippen LogP contribution in [0, 0.1) is 0 Å². The van der Waals surface area contributed by atoms with Gasteiger partial charge in [-0.05, 0) is 41.0 Å². The van der Waals surface area contributed by atoms with Crippen molar-refractivity contribution in [1.82, 2.24) is 10.2 Å². The van der Waals surface area contributed by atoms with Gasteiger partial charge in [0.15, 0.2) is 0 Å². The second-order valence-electron chi connectivity index (χ2n) is 4.59. The number of nitrogens with one attached hydrogen (secondary N) is 1. The molecule has 3 nitrogen and oxygen atoms in total. The molecule has 0 radical (unpaired) electrons. The molecule has 1 N–H and O–H groups in total. The average Bonchev–Trinajstić information content (AvgIpc) is 2.81. The molecule has 1 aromatic heterocycles. The standard InChI is InChI=1S/C13H21BrN2OS/c1-3-16-5-6-17-12(9-16)11(15-2)8-13-10(14)4-7-18-13/h4,7,11-12,15H,3,5-6,8-9H2,1-2H3. The Labute approximate surface area is 122 Å². The van der Waals surface area contributed by atoms with E-state index in [1.807, 2.05) is 18.4 Å². The van der Waals surface area contributed by atoms with Crippen molar-refractivity contribution in [1.29, 1.82) is 0 Å². The lowest BCUT2D eigenvalue weighted by molar-refractivity contribution is -0.0435. The number of likely N-dealkylation sites (N-methyl/N-ethyl adjacent to an activating group) is 2. The number of morpholine rings is 1. The minimum atomic E-state index is 0.290. The highest BCUT2D eigenvalue weighted by Gasteiger charge is 2.27. The van der Waals surface area contributed by atoms with Crippen molar-refractivity contribution in [2.75, 3.05) is 33.3 Å². The van der Waals surface area contributed by atoms with Crippen LogP contribution in [0.25, 0.3) is 0 Å². The van der Waals surface area contributed by atoms with E-state index >= 15 is 0 Å². The zero-order valence-electron chi connectivity index (χ0n) is 11.0. The summed E-state index contributed by atoms with van der Waals surface area (Å²) in [5.41, 5.74) is 0. The van der Waals surface area contributed by atoms with Gasteiger partial charge in [-0.15, -0.1) is 11.3 Å². The number of rotatable bonds is 5. The van der Waals surface area contributed by atoms with Crippen molar-refractivity contribution in [3.63, 3.8) is 0 Å². The molecule has 0 bridgehead atoms. The summed E-state index contributed by atoms with van der Waals surface area (Å²) >= 11 is 5.41. The molecule has 5 heteroatoms. The second-order valence-corrected chi connectivity index (χ2v) is 6.45. The Morgan fingerprint density at radius 1 is 1.67 bits per heavy atom. The predicted octanol–water partition coefficient (Wildman–Crippen LogP) is 2.36. The first-order valence-electron chi connectivity index (χ1n) is 6.47. The van der Waals surface area contributed by atoms with Crippen molar-refractivity contribution in [3.8, 4) is 0 Å². The van der Waals surface area contributed by atoms with Gasteiger partial charge in [-0.3, -0.25) is 4.90 Å². The zero-order valence-corrected chi connectivity index (χ0v) is 13.4. The van der Waals surface area contributed by atoms with Crippen molar-refractivity contribution in [2.45, 2.75) is 25.5 Å². The van der Waals surface area contributed by atoms with Gasteiger partial charge in [0.25, 0.3) is 0 Å². The van der Waals surface area contributed by atoms with Crippen LogP contribution in [0.3, 0.4) is 0 Å². The van der Waals surface area contributed by atoms with E-state index in [9.17, 15) is 0 Å². The van der Waals surface area contributed by atoms with E-state index in [-0.39, 0.29) is 6.10 Å². The smallest absolute Gasteiger partial charge is 0.0858 e. The Balaban J connectivity index is 1.97. The lowest BCUT2D eigenvalue weighted by Crippen LogP contribution is -2.52. The van der Waals surface area contributed by atoms with E-state index < -0.39 is 0 Å². The van der Waals surface area contributed by atoms with Gasteiger partial charge < -0.3 is 10.1 Å². The van der Waals surface area contributed by atoms with E-state index in [4.69, 9.17) is 4.74 Å². The third kappa shape index (κ3) is 3.54. The lowest BCUT2D eigenvalue weighted by Gasteiger charge is -2.36. The first-order chi connectivity index (χ1) is 8.74. The van der Waals surface area contributed by atoms with Crippen molar-refractivity contribution in [3.05, 3.63) is 20.8 Å². The van der Waals surface area contributed by atoms with Gasteiger partial charge in [-0.1, -0.05) is 6.92 Å². The molecule has 1 aromatic rings. The van der Waals surface area contributed by atoms with Crippen LogP contribution in [-0.2, 0) is 11.2 Å². The van der Waals surface area contributed by atoms with Gasteiger partial charge in [-0.2, -0.15) is 0 Å². The summed E-state index contributed by atoms with van der Waals surface area (Å²) in [6.07, 6.45) is 1.31. The number of nitrogens with zero attached hydrogens (tertiary/aromatic N) is 1. The van der Waals surface area contributed by atoms with Gasteiger partial charge in [-0.25, -0.2) is 0 Å². The fourth-order valence-corrected chi connectivity index (χ4v) is 3.93. The molecule has 0 spiro atoms. The summed E-state index contributed by atoms with van der Waals surface area (Å²) in [5.74, 6) is 0. The van der Waals surface area contributed by atoms with E-state index in [1.54, 1.807) is 0 Å². The van der Waals surface area contributed by atoms with Gasteiger partial charge >= 0.3 is 0 Å². The molecular formula is C13H21BrN2OS. The number of hydrogen-bond donors (Lipinski definition) is 1. The Morgan fingerprint density at radius 2 is 2.50 bits per heavy atom. The van der Waals surface area contributed by atoms with Gasteiger partial charge in [0.1, 0.15) is 0 Å². The topological polar surface area (TPSA) is 24.5 Å². The molecule has 1 fully saturated rings. The normalized spacial score (nSPS) is 23.2. The molecule has 18 heavy (non-hydrogen) atoms. The highest BCUT2D eigenvalue weighted by Crippen LogP contribution is 2.25. The van der Waals surface area contributed by atoms with Crippen LogP contribution in [0.1, 0.15) is 11.8 Å². The molecule has 2 unspecified atom stereocenters. The van der Waals surface area contributed by atoms with E-state index in [2.05, 4.69) is 44.5 Å². The average molecular weight is 333 g/mol. The lowest BCUT2D eigenvalue weighted by atomic mass is 10.0. The highest BCUT2D eigenvalue weighted by atomic mass is 79.9. The Morgan fingerprint density at radius 3 is 3.11 bits per heavy atom. The van der Waals surface area contributed by atoms with Crippen LogP contribution in [-0.4, -0.2) is 50.3 Å². The van der Waals surface area contributed by atoms with Gasteiger partial charge in [0, 0.05) is 34.9 Å². The number of halogens is 1. The first-order valence-corrected chi connectivity index (χ1v) is 8.15. The second kappa shape index (κ2) is 7.01. The molecule has 0 aromatic carbocycles. The van der Waals surface area contributed by atoms with Gasteiger partial charge in [0.05, 0.1) is 12.7 Å². The summed E-state index contributed by atoms with van der Waals surface area (Å²) in [4.78, 5) is 3.86. The van der Waals surface area contributed by atoms with Crippen molar-refractivity contribution >= 4 is 27.3 Å². The van der Waals surface area contributed by atoms with Crippen LogP contribution >= 0.6 is 27.3 Å². The maximum atomic E-state index is 5.94. The van der Waals surface area contributed by atoms with Crippen molar-refractivity contribution in [2.24, 2.45) is 0 Å². The van der Waals surface area contributed by atoms with Crippen LogP contribution in [0.15, 0.2) is 15.9 Å². The van der Waals surface area contributed by atoms with Crippen LogP contribution in [0.2, 0.25) is 0 Å². The summed E-state index contributed by atoms with van der Waals surface area (Å²) < 4.78 is 7.16. The Kier molecular flexibility index (Phi) is 5.63. The monoisotopic (exact) mass is 332 g/mol. The third-order valence-electron chi connectivity index (χ3n) is 3.54. The molecule has 1 aliphatic rings. The van der Waals surface area contributed by atoms with Crippen LogP contribution in [0.4, 0.5) is 0 Å². The van der Waals surface area contributed by atoms with E-state index in [1.165, 1.54) is 9.35 Å². The minimum absolute atomic E-state index is 0.290. The number of hydrogen-bond acceptors (Lipinski definition) is 4. The molecule has 1 aliphatic heterocycles. The Hall–Kier alpha value is 0.0600. The van der Waals surface area contributed by atoms with Crippen LogP contribution < -0.4 is 5.32 Å². The molecule has 0 amide bonds. The fraction of sp³-hybridized carbons (Fsp3) is 0.692. The van der Waals surface area contributed by atoms with E-state index in [0.29, 0.717) is 6.04 Å². The number of thiophene rings is 1. The van der Waals surface area contributed by atoms with E-state index in [0.717, 1.165) is 32.7 Å². The molecule has 2 atom stereocenters. The highest BCUT2D eigenvalue weighted by molar-refractivity contribution is 9.10. The SMILES string of the molecule is CCN1CCOC(C(Cc2sccc2Br)NC)C1. The maximum Gasteiger partial charge on any atom is 0.0858 e. The quantitative estimate of drug-likeness (QED) is 0.895. The zero-order chi connectivity index (χ0) is 13.0. The summed E-state index contributed by atoms with van der Waals surface area (Å²) in [5, 5.41) is 5.55. The number of ether oxygens (including phenoxy) is 1. The summed E-state index contributed by atoms with van der Waals surface area (Å²) in [6.45, 7) is 6.27. The molecular weight excluding hydrogens is 312 g/mol. The summed E-state index contributed by atoms with van der Waals surface area (Å²) in [6, 6.07) is 2.50. The third-order valence-corrected chi connectivity index (χ3v) is 5.49. The molecule has 1 saturated heterocycles. The molecule has 0 aliphatic carbocycles. The predicted molar refractivity (Wildman–Crippen MR) is 80.4 cm³/mol.